The van der Waals surface area contributed by atoms with Crippen molar-refractivity contribution in [3.8, 4) is 5.75 Å². The monoisotopic (exact) mass is 498 g/mol. The number of methoxy groups -OCH3 is 1. The van der Waals surface area contributed by atoms with Crippen LogP contribution in [0.2, 0.25) is 0 Å². The molecule has 0 aromatic heterocycles. The summed E-state index contributed by atoms with van der Waals surface area (Å²) in [7, 11) is -2.88. The number of rotatable bonds is 10. The molecular weight excluding hydrogens is 468 g/mol. The molecule has 0 saturated carbocycles. The number of hydrogen-bond donors (Lipinski definition) is 0. The molecule has 1 heterocycles. The molecule has 0 N–H and O–H groups in total. The Kier molecular flexibility index (Phi) is 8.17. The van der Waals surface area contributed by atoms with Crippen molar-refractivity contribution in [1.82, 2.24) is 0 Å². The Morgan fingerprint density at radius 1 is 1.11 bits per heavy atom. The van der Waals surface area contributed by atoms with Crippen LogP contribution in [0.4, 0.5) is 0 Å². The topological polar surface area (TPSA) is 96.0 Å². The molecule has 3 rings (SSSR count). The number of aryl methyl sites for hydroxylation is 1. The summed E-state index contributed by atoms with van der Waals surface area (Å²) in [6.45, 7) is 9.51. The van der Waals surface area contributed by atoms with Crippen molar-refractivity contribution in [3.05, 3.63) is 82.0 Å². The summed E-state index contributed by atoms with van der Waals surface area (Å²) < 4.78 is 42.1. The summed E-state index contributed by atoms with van der Waals surface area (Å²) in [6.07, 6.45) is 5.12. The number of ether oxygens (including phenoxy) is 2. The fraction of sp³-hybridized carbons (Fsp3) is 0.333. The second-order valence-corrected chi connectivity index (χ2v) is 10.1. The number of cyclic esters (lactones) is 1. The molecule has 0 aliphatic carbocycles. The van der Waals surface area contributed by atoms with E-state index in [-0.39, 0.29) is 35.2 Å². The summed E-state index contributed by atoms with van der Waals surface area (Å²) >= 11 is 0. The lowest BCUT2D eigenvalue weighted by atomic mass is 9.88. The van der Waals surface area contributed by atoms with Crippen LogP contribution in [0.25, 0.3) is 0 Å². The molecule has 8 heteroatoms. The van der Waals surface area contributed by atoms with Gasteiger partial charge in [-0.15, -0.1) is 6.58 Å². The molecule has 1 aliphatic heterocycles. The smallest absolute Gasteiger partial charge is 0.342 e. The van der Waals surface area contributed by atoms with Gasteiger partial charge in [0.1, 0.15) is 17.1 Å². The second kappa shape index (κ2) is 10.9. The highest BCUT2D eigenvalue weighted by molar-refractivity contribution is 7.87. The minimum Gasteiger partial charge on any atom is -0.469 e. The van der Waals surface area contributed by atoms with Crippen LogP contribution < -0.4 is 4.18 Å². The Morgan fingerprint density at radius 2 is 1.80 bits per heavy atom. The molecule has 35 heavy (non-hydrogen) atoms. The van der Waals surface area contributed by atoms with Crippen molar-refractivity contribution in [3.63, 3.8) is 0 Å². The van der Waals surface area contributed by atoms with Crippen LogP contribution in [0.5, 0.6) is 5.75 Å². The highest BCUT2D eigenvalue weighted by Crippen LogP contribution is 2.40. The Hall–Kier alpha value is -3.39. The van der Waals surface area contributed by atoms with Crippen LogP contribution in [-0.2, 0) is 43.8 Å². The SMILES string of the molecule is C=CCc1c(C)c2c(c(OS(=O)(=O)c3ccc(C)cc3)c1CC=C(C)CCC(=O)OC)C(=O)OC2. The molecule has 1 aliphatic rings. The van der Waals surface area contributed by atoms with Gasteiger partial charge in [0.25, 0.3) is 0 Å². The van der Waals surface area contributed by atoms with Crippen molar-refractivity contribution < 1.29 is 31.7 Å². The molecule has 0 atom stereocenters. The third kappa shape index (κ3) is 5.82. The Bertz CT molecular complexity index is 1290. The summed E-state index contributed by atoms with van der Waals surface area (Å²) in [5.41, 5.74) is 4.86. The van der Waals surface area contributed by atoms with Crippen LogP contribution in [0.1, 0.15) is 57.9 Å². The molecule has 7 nitrogen and oxygen atoms in total. The number of esters is 2. The fourth-order valence-electron chi connectivity index (χ4n) is 4.00. The lowest BCUT2D eigenvalue weighted by Crippen LogP contribution is -2.16. The lowest BCUT2D eigenvalue weighted by Gasteiger charge is -2.20. The number of allylic oxidation sites excluding steroid dienone is 3. The van der Waals surface area contributed by atoms with Crippen molar-refractivity contribution in [2.75, 3.05) is 7.11 Å². The maximum Gasteiger partial charge on any atom is 0.342 e. The van der Waals surface area contributed by atoms with Gasteiger partial charge in [0.05, 0.1) is 7.11 Å². The molecule has 2 aromatic rings. The highest BCUT2D eigenvalue weighted by Gasteiger charge is 2.34. The standard InChI is InChI=1S/C27H30O7S/c1-6-7-21-19(4)23-16-33-27(29)25(23)26(22(21)14-10-18(3)11-15-24(28)32-5)34-35(30,31)20-12-8-17(2)9-13-20/h6,8-10,12-13H,1,7,11,14-16H2,2-5H3. The van der Waals surface area contributed by atoms with E-state index in [1.807, 2.05) is 26.8 Å². The maximum absolute atomic E-state index is 13.2. The normalized spacial score (nSPS) is 13.3. The van der Waals surface area contributed by atoms with Gasteiger partial charge in [-0.3, -0.25) is 4.79 Å². The van der Waals surface area contributed by atoms with Gasteiger partial charge in [0.2, 0.25) is 0 Å². The highest BCUT2D eigenvalue weighted by atomic mass is 32.2. The van der Waals surface area contributed by atoms with E-state index in [1.165, 1.54) is 19.2 Å². The molecule has 0 radical (unpaired) electrons. The minimum atomic E-state index is -4.22. The van der Waals surface area contributed by atoms with E-state index in [9.17, 15) is 18.0 Å². The molecule has 2 aromatic carbocycles. The van der Waals surface area contributed by atoms with Gasteiger partial charge < -0.3 is 13.7 Å². The minimum absolute atomic E-state index is 0.00943. The molecule has 0 amide bonds. The van der Waals surface area contributed by atoms with E-state index >= 15 is 0 Å². The predicted molar refractivity (Wildman–Crippen MR) is 132 cm³/mol. The van der Waals surface area contributed by atoms with Crippen molar-refractivity contribution in [2.45, 2.75) is 58.0 Å². The second-order valence-electron chi connectivity index (χ2n) is 8.51. The zero-order chi connectivity index (χ0) is 25.8. The Balaban J connectivity index is 2.13. The van der Waals surface area contributed by atoms with E-state index in [1.54, 1.807) is 18.2 Å². The van der Waals surface area contributed by atoms with Gasteiger partial charge in [-0.25, -0.2) is 4.79 Å². The summed E-state index contributed by atoms with van der Waals surface area (Å²) in [5.74, 6) is -0.938. The number of hydrogen-bond acceptors (Lipinski definition) is 7. The third-order valence-corrected chi connectivity index (χ3v) is 7.32. The first kappa shape index (κ1) is 26.2. The van der Waals surface area contributed by atoms with Crippen LogP contribution in [0, 0.1) is 13.8 Å². The van der Waals surface area contributed by atoms with Gasteiger partial charge in [0, 0.05) is 17.5 Å². The number of fused-ring (bicyclic) bond motifs is 1. The van der Waals surface area contributed by atoms with E-state index in [0.29, 0.717) is 30.4 Å². The van der Waals surface area contributed by atoms with Gasteiger partial charge in [-0.1, -0.05) is 35.4 Å². The summed E-state index contributed by atoms with van der Waals surface area (Å²) in [5, 5.41) is 0. The molecule has 186 valence electrons. The molecular formula is C27H30O7S. The first-order valence-electron chi connectivity index (χ1n) is 11.3. The van der Waals surface area contributed by atoms with Gasteiger partial charge in [-0.2, -0.15) is 8.42 Å². The third-order valence-electron chi connectivity index (χ3n) is 6.08. The van der Waals surface area contributed by atoms with E-state index < -0.39 is 16.1 Å². The van der Waals surface area contributed by atoms with E-state index in [2.05, 4.69) is 6.58 Å². The van der Waals surface area contributed by atoms with Crippen LogP contribution in [0.3, 0.4) is 0 Å². The Labute approximate surface area is 206 Å². The van der Waals surface area contributed by atoms with Crippen LogP contribution in [-0.4, -0.2) is 27.5 Å². The van der Waals surface area contributed by atoms with Gasteiger partial charge in [0.15, 0.2) is 5.75 Å². The predicted octanol–water partition coefficient (Wildman–Crippen LogP) is 4.91. The maximum atomic E-state index is 13.2. The largest absolute Gasteiger partial charge is 0.469 e. The van der Waals surface area contributed by atoms with Crippen molar-refractivity contribution in [1.29, 1.82) is 0 Å². The summed E-state index contributed by atoms with van der Waals surface area (Å²) in [6, 6.07) is 6.31. The van der Waals surface area contributed by atoms with E-state index in [0.717, 1.165) is 22.3 Å². The molecule has 0 bridgehead atoms. The number of carbonyl (C=O) groups is 2. The fourth-order valence-corrected chi connectivity index (χ4v) is 4.97. The van der Waals surface area contributed by atoms with Crippen LogP contribution in [0.15, 0.2) is 53.5 Å². The Morgan fingerprint density at radius 3 is 2.43 bits per heavy atom. The van der Waals surface area contributed by atoms with Crippen molar-refractivity contribution >= 4 is 22.1 Å². The first-order chi connectivity index (χ1) is 16.6. The van der Waals surface area contributed by atoms with E-state index in [4.69, 9.17) is 13.7 Å². The average molecular weight is 499 g/mol. The molecule has 0 spiro atoms. The van der Waals surface area contributed by atoms with Gasteiger partial charge in [-0.05, 0) is 63.3 Å². The number of benzene rings is 2. The quantitative estimate of drug-likeness (QED) is 0.261. The zero-order valence-corrected chi connectivity index (χ0v) is 21.3. The molecule has 0 saturated heterocycles. The van der Waals surface area contributed by atoms with Crippen molar-refractivity contribution in [2.24, 2.45) is 0 Å². The molecule has 0 unspecified atom stereocenters. The number of carbonyl (C=O) groups excluding carboxylic acids is 2. The average Bonchev–Trinajstić information content (AvgIpc) is 3.21. The molecule has 0 fully saturated rings. The zero-order valence-electron chi connectivity index (χ0n) is 20.5. The lowest BCUT2D eigenvalue weighted by molar-refractivity contribution is -0.140. The first-order valence-corrected chi connectivity index (χ1v) is 12.7. The summed E-state index contributed by atoms with van der Waals surface area (Å²) in [4.78, 5) is 24.2. The van der Waals surface area contributed by atoms with Crippen LogP contribution >= 0.6 is 0 Å². The van der Waals surface area contributed by atoms with Gasteiger partial charge >= 0.3 is 22.1 Å².